The minimum Gasteiger partial charge on any atom is -0.354 e. The summed E-state index contributed by atoms with van der Waals surface area (Å²) in [6.07, 6.45) is 0.776. The molecule has 0 atom stereocenters. The molecule has 2 amide bonds. The molecular weight excluding hydrogens is 352 g/mol. The zero-order chi connectivity index (χ0) is 19.5. The third-order valence-electron chi connectivity index (χ3n) is 5.53. The topological polar surface area (TPSA) is 64.6 Å². The highest BCUT2D eigenvalue weighted by atomic mass is 16.2. The van der Waals surface area contributed by atoms with Gasteiger partial charge in [0, 0.05) is 51.3 Å². The van der Waals surface area contributed by atoms with Crippen LogP contribution in [0, 0.1) is 6.92 Å². The highest BCUT2D eigenvalue weighted by Gasteiger charge is 2.28. The summed E-state index contributed by atoms with van der Waals surface area (Å²) < 4.78 is 0. The average molecular weight is 380 g/mol. The van der Waals surface area contributed by atoms with Gasteiger partial charge in [0.1, 0.15) is 11.6 Å². The number of nitrogens with one attached hydrogen (secondary N) is 1. The van der Waals surface area contributed by atoms with Gasteiger partial charge in [0.25, 0.3) is 0 Å². The molecule has 0 spiro atoms. The van der Waals surface area contributed by atoms with Gasteiger partial charge in [0.2, 0.25) is 0 Å². The van der Waals surface area contributed by atoms with Crippen LogP contribution in [0.2, 0.25) is 0 Å². The fourth-order valence-corrected chi connectivity index (χ4v) is 3.86. The number of piperazine rings is 1. The van der Waals surface area contributed by atoms with Gasteiger partial charge in [0.15, 0.2) is 0 Å². The van der Waals surface area contributed by atoms with Crippen molar-refractivity contribution in [1.29, 1.82) is 0 Å². The maximum Gasteiger partial charge on any atom is 0.317 e. The van der Waals surface area contributed by atoms with E-state index in [1.54, 1.807) is 0 Å². The Hall–Kier alpha value is -2.67. The molecule has 0 bridgehead atoms. The van der Waals surface area contributed by atoms with Gasteiger partial charge in [-0.3, -0.25) is 0 Å². The Kier molecular flexibility index (Phi) is 5.43. The molecule has 3 heterocycles. The Bertz CT molecular complexity index is 832. The fraction of sp³-hybridized carbons (Fsp3) is 0.476. The van der Waals surface area contributed by atoms with E-state index in [2.05, 4.69) is 27.1 Å². The molecule has 1 fully saturated rings. The minimum absolute atomic E-state index is 0.0283. The van der Waals surface area contributed by atoms with Crippen LogP contribution in [0.4, 0.5) is 10.6 Å². The van der Waals surface area contributed by atoms with E-state index in [4.69, 9.17) is 4.98 Å². The van der Waals surface area contributed by atoms with Gasteiger partial charge in [0.05, 0.1) is 12.2 Å². The molecule has 148 valence electrons. The molecule has 0 aliphatic carbocycles. The lowest BCUT2D eigenvalue weighted by atomic mass is 10.1. The Morgan fingerprint density at radius 3 is 2.57 bits per heavy atom. The van der Waals surface area contributed by atoms with Crippen molar-refractivity contribution in [3.63, 3.8) is 0 Å². The van der Waals surface area contributed by atoms with Crippen LogP contribution in [0.25, 0.3) is 0 Å². The molecule has 7 heteroatoms. The summed E-state index contributed by atoms with van der Waals surface area (Å²) in [5.74, 6) is 1.82. The van der Waals surface area contributed by atoms with E-state index in [0.717, 1.165) is 61.1 Å². The molecule has 0 radical (unpaired) electrons. The van der Waals surface area contributed by atoms with Crippen molar-refractivity contribution in [1.82, 2.24) is 25.1 Å². The van der Waals surface area contributed by atoms with Gasteiger partial charge in [-0.05, 0) is 19.5 Å². The van der Waals surface area contributed by atoms with E-state index in [9.17, 15) is 4.79 Å². The van der Waals surface area contributed by atoms with Crippen LogP contribution in [0.5, 0.6) is 0 Å². The number of amides is 2. The highest BCUT2D eigenvalue weighted by molar-refractivity contribution is 5.75. The Labute approximate surface area is 166 Å². The standard InChI is InChI=1S/C21H28N6O/c1-16-23-19-8-9-27(21(28)22-14-17-6-4-3-5-7-17)15-18(19)20(24-16)26-12-10-25(2)11-13-26/h3-7H,8-15H2,1-2H3,(H,22,28). The molecule has 1 N–H and O–H groups in total. The second-order valence-electron chi connectivity index (χ2n) is 7.63. The molecule has 28 heavy (non-hydrogen) atoms. The minimum atomic E-state index is -0.0283. The van der Waals surface area contributed by atoms with E-state index in [-0.39, 0.29) is 6.03 Å². The zero-order valence-electron chi connectivity index (χ0n) is 16.7. The highest BCUT2D eigenvalue weighted by Crippen LogP contribution is 2.27. The number of aromatic nitrogens is 2. The number of urea groups is 1. The number of aryl methyl sites for hydroxylation is 1. The summed E-state index contributed by atoms with van der Waals surface area (Å²) in [6, 6.07) is 9.97. The molecular formula is C21H28N6O. The summed E-state index contributed by atoms with van der Waals surface area (Å²) >= 11 is 0. The molecule has 2 aliphatic rings. The third-order valence-corrected chi connectivity index (χ3v) is 5.53. The van der Waals surface area contributed by atoms with Gasteiger partial charge in [-0.1, -0.05) is 30.3 Å². The summed E-state index contributed by atoms with van der Waals surface area (Å²) in [6.45, 7) is 7.72. The van der Waals surface area contributed by atoms with Crippen LogP contribution >= 0.6 is 0 Å². The first kappa shape index (κ1) is 18.7. The van der Waals surface area contributed by atoms with Crippen LogP contribution < -0.4 is 10.2 Å². The number of rotatable bonds is 3. The summed E-state index contributed by atoms with van der Waals surface area (Å²) in [5, 5.41) is 3.04. The number of hydrogen-bond acceptors (Lipinski definition) is 5. The Balaban J connectivity index is 1.48. The summed E-state index contributed by atoms with van der Waals surface area (Å²) in [7, 11) is 2.15. The van der Waals surface area contributed by atoms with Crippen LogP contribution in [0.1, 0.15) is 22.6 Å². The second kappa shape index (κ2) is 8.14. The lowest BCUT2D eigenvalue weighted by Gasteiger charge is -2.37. The molecule has 7 nitrogen and oxygen atoms in total. The van der Waals surface area contributed by atoms with Crippen molar-refractivity contribution in [3.8, 4) is 0 Å². The van der Waals surface area contributed by atoms with Crippen molar-refractivity contribution in [2.75, 3.05) is 44.7 Å². The molecule has 0 unspecified atom stereocenters. The SMILES string of the molecule is Cc1nc2c(c(N3CCN(C)CC3)n1)CN(C(=O)NCc1ccccc1)CC2. The molecule has 4 rings (SSSR count). The number of carbonyl (C=O) groups excluding carboxylic acids is 1. The number of nitrogens with zero attached hydrogens (tertiary/aromatic N) is 5. The maximum absolute atomic E-state index is 12.7. The van der Waals surface area contributed by atoms with Gasteiger partial charge in [-0.15, -0.1) is 0 Å². The van der Waals surface area contributed by atoms with Crippen LogP contribution in [-0.2, 0) is 19.5 Å². The normalized spacial score (nSPS) is 17.4. The molecule has 1 saturated heterocycles. The Morgan fingerprint density at radius 1 is 1.07 bits per heavy atom. The van der Waals surface area contributed by atoms with Crippen LogP contribution in [0.3, 0.4) is 0 Å². The summed E-state index contributed by atoms with van der Waals surface area (Å²) in [5.41, 5.74) is 3.30. The van der Waals surface area contributed by atoms with Crippen molar-refractivity contribution in [2.24, 2.45) is 0 Å². The zero-order valence-corrected chi connectivity index (χ0v) is 16.7. The number of fused-ring (bicyclic) bond motifs is 1. The number of carbonyl (C=O) groups is 1. The van der Waals surface area contributed by atoms with Gasteiger partial charge < -0.3 is 20.0 Å². The van der Waals surface area contributed by atoms with E-state index < -0.39 is 0 Å². The average Bonchev–Trinajstić information content (AvgIpc) is 2.72. The van der Waals surface area contributed by atoms with Crippen molar-refractivity contribution >= 4 is 11.8 Å². The summed E-state index contributed by atoms with van der Waals surface area (Å²) in [4.78, 5) is 28.7. The lowest BCUT2D eigenvalue weighted by Crippen LogP contribution is -2.47. The first-order chi connectivity index (χ1) is 13.6. The van der Waals surface area contributed by atoms with Gasteiger partial charge in [-0.2, -0.15) is 0 Å². The monoisotopic (exact) mass is 380 g/mol. The van der Waals surface area contributed by atoms with E-state index in [0.29, 0.717) is 19.6 Å². The molecule has 2 aliphatic heterocycles. The fourth-order valence-electron chi connectivity index (χ4n) is 3.86. The van der Waals surface area contributed by atoms with Crippen LogP contribution in [0.15, 0.2) is 30.3 Å². The van der Waals surface area contributed by atoms with Crippen molar-refractivity contribution < 1.29 is 4.79 Å². The molecule has 0 saturated carbocycles. The quantitative estimate of drug-likeness (QED) is 0.880. The largest absolute Gasteiger partial charge is 0.354 e. The van der Waals surface area contributed by atoms with E-state index >= 15 is 0 Å². The molecule has 1 aromatic heterocycles. The number of hydrogen-bond donors (Lipinski definition) is 1. The number of benzene rings is 1. The number of likely N-dealkylation sites (N-methyl/N-ethyl adjacent to an activating group) is 1. The third kappa shape index (κ3) is 4.09. The molecule has 2 aromatic rings. The number of anilines is 1. The second-order valence-corrected chi connectivity index (χ2v) is 7.63. The first-order valence-corrected chi connectivity index (χ1v) is 9.97. The lowest BCUT2D eigenvalue weighted by molar-refractivity contribution is 0.191. The maximum atomic E-state index is 12.7. The van der Waals surface area contributed by atoms with E-state index in [1.807, 2.05) is 42.2 Å². The predicted molar refractivity (Wildman–Crippen MR) is 109 cm³/mol. The molecule has 1 aromatic carbocycles. The first-order valence-electron chi connectivity index (χ1n) is 9.97. The predicted octanol–water partition coefficient (Wildman–Crippen LogP) is 1.80. The van der Waals surface area contributed by atoms with Gasteiger partial charge >= 0.3 is 6.03 Å². The van der Waals surface area contributed by atoms with Crippen molar-refractivity contribution in [3.05, 3.63) is 53.0 Å². The van der Waals surface area contributed by atoms with Gasteiger partial charge in [-0.25, -0.2) is 14.8 Å². The van der Waals surface area contributed by atoms with E-state index in [1.165, 1.54) is 0 Å². The van der Waals surface area contributed by atoms with Crippen molar-refractivity contribution in [2.45, 2.75) is 26.4 Å². The van der Waals surface area contributed by atoms with Crippen LogP contribution in [-0.4, -0.2) is 65.6 Å². The Morgan fingerprint density at radius 2 is 1.82 bits per heavy atom. The smallest absolute Gasteiger partial charge is 0.317 e.